The fourth-order valence-corrected chi connectivity index (χ4v) is 3.85. The van der Waals surface area contributed by atoms with E-state index in [1.54, 1.807) is 7.11 Å². The Morgan fingerprint density at radius 1 is 1.23 bits per heavy atom. The van der Waals surface area contributed by atoms with E-state index in [4.69, 9.17) is 4.74 Å². The van der Waals surface area contributed by atoms with E-state index in [-0.39, 0.29) is 0 Å². The maximum Gasteiger partial charge on any atom is 0.122 e. The molecule has 0 saturated heterocycles. The Labute approximate surface area is 136 Å². The zero-order valence-corrected chi connectivity index (χ0v) is 14.4. The number of hydrogen-bond acceptors (Lipinski definition) is 1. The van der Waals surface area contributed by atoms with E-state index in [0.717, 1.165) is 24.0 Å². The molecule has 122 valence electrons. The van der Waals surface area contributed by atoms with Gasteiger partial charge in [-0.05, 0) is 74.0 Å². The number of benzene rings is 1. The highest BCUT2D eigenvalue weighted by Gasteiger charge is 2.22. The minimum absolute atomic E-state index is 0.761. The lowest BCUT2D eigenvalue weighted by Gasteiger charge is -2.29. The van der Waals surface area contributed by atoms with Gasteiger partial charge in [0.15, 0.2) is 0 Å². The van der Waals surface area contributed by atoms with E-state index >= 15 is 0 Å². The van der Waals surface area contributed by atoms with E-state index in [2.05, 4.69) is 37.8 Å². The van der Waals surface area contributed by atoms with Crippen LogP contribution in [0.25, 0.3) is 0 Å². The molecule has 0 aliphatic heterocycles. The molecule has 2 rings (SSSR count). The Bertz CT molecular complexity index is 455. The molecule has 0 bridgehead atoms. The Hall–Kier alpha value is -1.24. The second-order valence-electron chi connectivity index (χ2n) is 6.76. The SMILES string of the molecule is C=CCCC[C@H]1CC[C@H](c2ccc(OC)c(CCC)c2)CC1. The smallest absolute Gasteiger partial charge is 0.122 e. The van der Waals surface area contributed by atoms with Gasteiger partial charge in [0.2, 0.25) is 0 Å². The number of allylic oxidation sites excluding steroid dienone is 1. The van der Waals surface area contributed by atoms with E-state index in [1.165, 1.54) is 62.5 Å². The molecular weight excluding hydrogens is 268 g/mol. The molecule has 0 unspecified atom stereocenters. The molecule has 0 N–H and O–H groups in total. The first-order chi connectivity index (χ1) is 10.8. The summed E-state index contributed by atoms with van der Waals surface area (Å²) in [7, 11) is 1.78. The van der Waals surface area contributed by atoms with Gasteiger partial charge in [-0.1, -0.05) is 38.0 Å². The molecule has 0 amide bonds. The lowest BCUT2D eigenvalue weighted by atomic mass is 9.76. The van der Waals surface area contributed by atoms with Crippen molar-refractivity contribution >= 4 is 0 Å². The first kappa shape index (κ1) is 17.1. The average molecular weight is 300 g/mol. The number of unbranched alkanes of at least 4 members (excludes halogenated alkanes) is 1. The molecule has 1 nitrogen and oxygen atoms in total. The summed E-state index contributed by atoms with van der Waals surface area (Å²) in [5, 5.41) is 0. The molecular formula is C21H32O. The molecule has 0 heterocycles. The molecule has 0 atom stereocenters. The molecule has 1 aliphatic rings. The number of methoxy groups -OCH3 is 1. The summed E-state index contributed by atoms with van der Waals surface area (Å²) >= 11 is 0. The van der Waals surface area contributed by atoms with Crippen LogP contribution in [0.2, 0.25) is 0 Å². The average Bonchev–Trinajstić information content (AvgIpc) is 2.56. The van der Waals surface area contributed by atoms with Gasteiger partial charge in [-0.25, -0.2) is 0 Å². The van der Waals surface area contributed by atoms with Gasteiger partial charge in [0.1, 0.15) is 5.75 Å². The standard InChI is InChI=1S/C21H32O/c1-4-6-7-9-17-10-12-18(13-11-17)19-14-15-21(22-3)20(16-19)8-5-2/h4,14-18H,1,5-13H2,2-3H3/t17-,18-. The van der Waals surface area contributed by atoms with Gasteiger partial charge in [0.05, 0.1) is 7.11 Å². The van der Waals surface area contributed by atoms with E-state index in [1.807, 2.05) is 0 Å². The highest BCUT2D eigenvalue weighted by molar-refractivity contribution is 5.38. The van der Waals surface area contributed by atoms with Crippen LogP contribution in [0.5, 0.6) is 5.75 Å². The summed E-state index contributed by atoms with van der Waals surface area (Å²) in [6.07, 6.45) is 13.8. The van der Waals surface area contributed by atoms with Gasteiger partial charge >= 0.3 is 0 Å². The minimum atomic E-state index is 0.761. The molecule has 0 spiro atoms. The summed E-state index contributed by atoms with van der Waals surface area (Å²) < 4.78 is 5.50. The van der Waals surface area contributed by atoms with Gasteiger partial charge in [-0.3, -0.25) is 0 Å². The summed E-state index contributed by atoms with van der Waals surface area (Å²) in [6.45, 7) is 6.06. The van der Waals surface area contributed by atoms with Crippen molar-refractivity contribution < 1.29 is 4.74 Å². The van der Waals surface area contributed by atoms with E-state index < -0.39 is 0 Å². The molecule has 22 heavy (non-hydrogen) atoms. The van der Waals surface area contributed by atoms with Crippen molar-refractivity contribution in [1.82, 2.24) is 0 Å². The third kappa shape index (κ3) is 4.63. The monoisotopic (exact) mass is 300 g/mol. The lowest BCUT2D eigenvalue weighted by molar-refractivity contribution is 0.305. The normalized spacial score (nSPS) is 21.5. The van der Waals surface area contributed by atoms with Crippen LogP contribution in [-0.2, 0) is 6.42 Å². The van der Waals surface area contributed by atoms with Crippen LogP contribution in [0.3, 0.4) is 0 Å². The fourth-order valence-electron chi connectivity index (χ4n) is 3.85. The summed E-state index contributed by atoms with van der Waals surface area (Å²) in [6, 6.07) is 6.88. The lowest BCUT2D eigenvalue weighted by Crippen LogP contribution is -2.13. The predicted octanol–water partition coefficient (Wildman–Crippen LogP) is 6.28. The first-order valence-electron chi connectivity index (χ1n) is 9.06. The van der Waals surface area contributed by atoms with Crippen molar-refractivity contribution in [3.63, 3.8) is 0 Å². The maximum atomic E-state index is 5.50. The van der Waals surface area contributed by atoms with Gasteiger partial charge in [-0.15, -0.1) is 6.58 Å². The Morgan fingerprint density at radius 2 is 2.00 bits per heavy atom. The number of rotatable bonds is 8. The van der Waals surface area contributed by atoms with Crippen LogP contribution in [0.15, 0.2) is 30.9 Å². The molecule has 1 aromatic rings. The summed E-state index contributed by atoms with van der Waals surface area (Å²) in [5.74, 6) is 2.77. The number of ether oxygens (including phenoxy) is 1. The minimum Gasteiger partial charge on any atom is -0.496 e. The van der Waals surface area contributed by atoms with Gasteiger partial charge < -0.3 is 4.74 Å². The highest BCUT2D eigenvalue weighted by Crippen LogP contribution is 2.39. The first-order valence-corrected chi connectivity index (χ1v) is 9.06. The topological polar surface area (TPSA) is 9.23 Å². The van der Waals surface area contributed by atoms with Crippen LogP contribution in [-0.4, -0.2) is 7.11 Å². The predicted molar refractivity (Wildman–Crippen MR) is 95.7 cm³/mol. The largest absolute Gasteiger partial charge is 0.496 e. The van der Waals surface area contributed by atoms with E-state index in [0.29, 0.717) is 0 Å². The van der Waals surface area contributed by atoms with Gasteiger partial charge in [-0.2, -0.15) is 0 Å². The third-order valence-corrected chi connectivity index (χ3v) is 5.16. The van der Waals surface area contributed by atoms with E-state index in [9.17, 15) is 0 Å². The van der Waals surface area contributed by atoms with Crippen molar-refractivity contribution in [2.24, 2.45) is 5.92 Å². The van der Waals surface area contributed by atoms with Crippen molar-refractivity contribution in [3.05, 3.63) is 42.0 Å². The van der Waals surface area contributed by atoms with Crippen LogP contribution in [0, 0.1) is 5.92 Å². The Morgan fingerprint density at radius 3 is 2.64 bits per heavy atom. The van der Waals surface area contributed by atoms with Gasteiger partial charge in [0, 0.05) is 0 Å². The fraction of sp³-hybridized carbons (Fsp3) is 0.619. The van der Waals surface area contributed by atoms with Crippen molar-refractivity contribution in [2.75, 3.05) is 7.11 Å². The number of aryl methyl sites for hydroxylation is 1. The summed E-state index contributed by atoms with van der Waals surface area (Å²) in [5.41, 5.74) is 2.92. The van der Waals surface area contributed by atoms with Crippen LogP contribution in [0.1, 0.15) is 75.3 Å². The molecule has 0 radical (unpaired) electrons. The maximum absolute atomic E-state index is 5.50. The molecule has 1 aromatic carbocycles. The Balaban J connectivity index is 1.93. The van der Waals surface area contributed by atoms with Crippen LogP contribution >= 0.6 is 0 Å². The van der Waals surface area contributed by atoms with Crippen molar-refractivity contribution in [3.8, 4) is 5.75 Å². The molecule has 1 aliphatic carbocycles. The highest BCUT2D eigenvalue weighted by atomic mass is 16.5. The van der Waals surface area contributed by atoms with Crippen LogP contribution in [0.4, 0.5) is 0 Å². The second kappa shape index (κ2) is 9.02. The molecule has 1 fully saturated rings. The number of hydrogen-bond donors (Lipinski definition) is 0. The quantitative estimate of drug-likeness (QED) is 0.405. The zero-order valence-electron chi connectivity index (χ0n) is 14.4. The third-order valence-electron chi connectivity index (χ3n) is 5.16. The van der Waals surface area contributed by atoms with Gasteiger partial charge in [0.25, 0.3) is 0 Å². The molecule has 1 saturated carbocycles. The summed E-state index contributed by atoms with van der Waals surface area (Å²) in [4.78, 5) is 0. The second-order valence-corrected chi connectivity index (χ2v) is 6.76. The van der Waals surface area contributed by atoms with Crippen molar-refractivity contribution in [2.45, 2.75) is 70.6 Å². The molecule has 0 aromatic heterocycles. The molecule has 1 heteroatoms. The van der Waals surface area contributed by atoms with Crippen LogP contribution < -0.4 is 4.74 Å². The zero-order chi connectivity index (χ0) is 15.8. The van der Waals surface area contributed by atoms with Crippen molar-refractivity contribution in [1.29, 1.82) is 0 Å². The Kier molecular flexibility index (Phi) is 7.02.